The summed E-state index contributed by atoms with van der Waals surface area (Å²) in [7, 11) is 0. The number of rotatable bonds is 4. The van der Waals surface area contributed by atoms with Gasteiger partial charge in [-0.25, -0.2) is 4.98 Å². The average Bonchev–Trinajstić information content (AvgIpc) is 3.81. The quantitative estimate of drug-likeness (QED) is 0.129. The molecule has 5 aromatic carbocycles. The zero-order valence-corrected chi connectivity index (χ0v) is 29.0. The van der Waals surface area contributed by atoms with Gasteiger partial charge in [-0.3, -0.25) is 4.57 Å². The SMILES string of the molecule is CC(C)(C)c1ccc(-[n+]2[c-]n(-c3[c-]c(-n4c5ccccc5c5cc6c7ccccc7n(-c7[c-]cccc7)c6nc54)ccc3)cc2)cc1.[Pt]. The number of fused-ring (bicyclic) bond motifs is 6. The predicted molar refractivity (Wildman–Crippen MR) is 189 cm³/mol. The Hall–Kier alpha value is -5.25. The summed E-state index contributed by atoms with van der Waals surface area (Å²) in [4.78, 5) is 5.44. The molecule has 6 heteroatoms. The zero-order chi connectivity index (χ0) is 31.7. The van der Waals surface area contributed by atoms with E-state index in [1.165, 1.54) is 10.9 Å². The van der Waals surface area contributed by atoms with Crippen molar-refractivity contribution in [2.24, 2.45) is 0 Å². The number of imidazole rings is 1. The molecule has 9 rings (SSSR count). The number of benzene rings is 5. The fraction of sp³-hybridized carbons (Fsp3) is 0.0952. The van der Waals surface area contributed by atoms with Crippen molar-refractivity contribution in [2.45, 2.75) is 26.2 Å². The molecule has 5 nitrogen and oxygen atoms in total. The summed E-state index contributed by atoms with van der Waals surface area (Å²) in [5.41, 5.74) is 9.24. The molecule has 48 heavy (non-hydrogen) atoms. The third-order valence-corrected chi connectivity index (χ3v) is 9.07. The molecule has 0 saturated heterocycles. The minimum atomic E-state index is 0. The van der Waals surface area contributed by atoms with Gasteiger partial charge >= 0.3 is 0 Å². The second kappa shape index (κ2) is 11.5. The third-order valence-electron chi connectivity index (χ3n) is 9.07. The van der Waals surface area contributed by atoms with Gasteiger partial charge in [0.15, 0.2) is 0 Å². The fourth-order valence-electron chi connectivity index (χ4n) is 6.70. The van der Waals surface area contributed by atoms with Gasteiger partial charge in [0.1, 0.15) is 11.3 Å². The smallest absolute Gasteiger partial charge is 0.267 e. The van der Waals surface area contributed by atoms with Crippen LogP contribution in [0.2, 0.25) is 0 Å². The molecule has 0 aliphatic heterocycles. The maximum atomic E-state index is 5.44. The minimum Gasteiger partial charge on any atom is -0.321 e. The van der Waals surface area contributed by atoms with Gasteiger partial charge < -0.3 is 13.7 Å². The Labute approximate surface area is 293 Å². The van der Waals surface area contributed by atoms with E-state index in [9.17, 15) is 0 Å². The molecule has 236 valence electrons. The number of hydrogen-bond acceptors (Lipinski definition) is 1. The molecule has 0 aliphatic carbocycles. The maximum Gasteiger partial charge on any atom is 0.267 e. The standard InChI is InChI=1S/C42H31N5.Pt/c1-42(2,3)29-20-22-30(23-21-29)44-24-25-45(28-44)32-14-11-15-33(26-32)47-39-19-10-8-17-35(39)37-27-36-34-16-7-9-18-38(34)46(40(36)43-41(37)47)31-12-5-4-6-13-31;/h4-12,14-25,27H,1-3H3;/q-2;. The predicted octanol–water partition coefficient (Wildman–Crippen LogP) is 9.04. The van der Waals surface area contributed by atoms with Crippen LogP contribution in [0.4, 0.5) is 0 Å². The average molecular weight is 801 g/mol. The van der Waals surface area contributed by atoms with Crippen molar-refractivity contribution < 1.29 is 25.6 Å². The van der Waals surface area contributed by atoms with Crippen molar-refractivity contribution in [1.29, 1.82) is 0 Å². The van der Waals surface area contributed by atoms with E-state index >= 15 is 0 Å². The summed E-state index contributed by atoms with van der Waals surface area (Å²) in [6.07, 6.45) is 7.54. The van der Waals surface area contributed by atoms with Gasteiger partial charge in [0.2, 0.25) is 0 Å². The summed E-state index contributed by atoms with van der Waals surface area (Å²) in [6, 6.07) is 49.5. The first-order valence-electron chi connectivity index (χ1n) is 15.9. The van der Waals surface area contributed by atoms with Crippen LogP contribution in [0.1, 0.15) is 26.3 Å². The Kier molecular flexibility index (Phi) is 7.19. The largest absolute Gasteiger partial charge is 0.321 e. The molecule has 0 bridgehead atoms. The Morgan fingerprint density at radius 1 is 0.625 bits per heavy atom. The summed E-state index contributed by atoms with van der Waals surface area (Å²) < 4.78 is 8.45. The van der Waals surface area contributed by atoms with Crippen LogP contribution >= 0.6 is 0 Å². The van der Waals surface area contributed by atoms with E-state index in [4.69, 9.17) is 4.98 Å². The molecular formula is C42H31N5Pt-2. The molecule has 0 N–H and O–H groups in total. The molecule has 0 fully saturated rings. The molecular weight excluding hydrogens is 770 g/mol. The van der Waals surface area contributed by atoms with Gasteiger partial charge in [-0.05, 0) is 47.0 Å². The van der Waals surface area contributed by atoms with Crippen LogP contribution in [0.3, 0.4) is 0 Å². The van der Waals surface area contributed by atoms with Gasteiger partial charge in [-0.2, -0.15) is 42.5 Å². The van der Waals surface area contributed by atoms with Crippen LogP contribution in [0.25, 0.3) is 66.6 Å². The number of aromatic nitrogens is 5. The molecule has 0 aliphatic rings. The fourth-order valence-corrected chi connectivity index (χ4v) is 6.70. The van der Waals surface area contributed by atoms with E-state index in [1.807, 2.05) is 39.7 Å². The minimum absolute atomic E-state index is 0. The number of nitrogens with zero attached hydrogens (tertiary/aromatic N) is 5. The van der Waals surface area contributed by atoms with E-state index in [1.54, 1.807) is 0 Å². The van der Waals surface area contributed by atoms with Gasteiger partial charge in [-0.15, -0.1) is 12.1 Å². The summed E-state index contributed by atoms with van der Waals surface area (Å²) in [5, 5.41) is 4.55. The van der Waals surface area contributed by atoms with Crippen molar-refractivity contribution >= 4 is 43.9 Å². The monoisotopic (exact) mass is 800 g/mol. The molecule has 4 heterocycles. The van der Waals surface area contributed by atoms with Crippen molar-refractivity contribution in [3.8, 4) is 22.7 Å². The van der Waals surface area contributed by atoms with Crippen LogP contribution < -0.4 is 4.57 Å². The Morgan fingerprint density at radius 2 is 1.23 bits per heavy atom. The zero-order valence-electron chi connectivity index (χ0n) is 26.8. The van der Waals surface area contributed by atoms with Gasteiger partial charge in [0, 0.05) is 55.0 Å². The van der Waals surface area contributed by atoms with Gasteiger partial charge in [0.05, 0.1) is 16.7 Å². The molecule has 4 aromatic heterocycles. The number of para-hydroxylation sites is 3. The maximum absolute atomic E-state index is 5.44. The first-order valence-corrected chi connectivity index (χ1v) is 15.9. The summed E-state index contributed by atoms with van der Waals surface area (Å²) in [5.74, 6) is 0. The van der Waals surface area contributed by atoms with Crippen molar-refractivity contribution in [3.63, 3.8) is 0 Å². The van der Waals surface area contributed by atoms with Crippen LogP contribution in [0.5, 0.6) is 0 Å². The van der Waals surface area contributed by atoms with Crippen LogP contribution in [0, 0.1) is 18.5 Å². The molecule has 0 atom stereocenters. The van der Waals surface area contributed by atoms with Crippen LogP contribution in [-0.2, 0) is 26.5 Å². The first kappa shape index (κ1) is 30.1. The normalized spacial score (nSPS) is 11.9. The molecule has 0 saturated carbocycles. The first-order chi connectivity index (χ1) is 22.9. The third kappa shape index (κ3) is 4.81. The van der Waals surface area contributed by atoms with E-state index < -0.39 is 0 Å². The number of pyridine rings is 1. The Bertz CT molecular complexity index is 2600. The second-order valence-corrected chi connectivity index (χ2v) is 13.0. The molecule has 0 radical (unpaired) electrons. The molecule has 0 spiro atoms. The van der Waals surface area contributed by atoms with Crippen molar-refractivity contribution in [1.82, 2.24) is 18.7 Å². The van der Waals surface area contributed by atoms with Gasteiger partial charge in [0.25, 0.3) is 6.33 Å². The van der Waals surface area contributed by atoms with E-state index in [-0.39, 0.29) is 26.5 Å². The van der Waals surface area contributed by atoms with E-state index in [0.29, 0.717) is 0 Å². The Morgan fingerprint density at radius 3 is 1.88 bits per heavy atom. The van der Waals surface area contributed by atoms with Crippen molar-refractivity contribution in [3.05, 3.63) is 158 Å². The van der Waals surface area contributed by atoms with Gasteiger partial charge in [-0.1, -0.05) is 80.7 Å². The summed E-state index contributed by atoms with van der Waals surface area (Å²) >= 11 is 0. The number of hydrogen-bond donors (Lipinski definition) is 0. The topological polar surface area (TPSA) is 31.6 Å². The van der Waals surface area contributed by atoms with Crippen LogP contribution in [0.15, 0.2) is 134 Å². The second-order valence-electron chi connectivity index (χ2n) is 13.0. The van der Waals surface area contributed by atoms with E-state index in [2.05, 4.69) is 151 Å². The summed E-state index contributed by atoms with van der Waals surface area (Å²) in [6.45, 7) is 6.70. The molecule has 0 unspecified atom stereocenters. The van der Waals surface area contributed by atoms with Crippen LogP contribution in [-0.4, -0.2) is 18.7 Å². The van der Waals surface area contributed by atoms with Crippen molar-refractivity contribution in [2.75, 3.05) is 0 Å². The van der Waals surface area contributed by atoms with E-state index in [0.717, 1.165) is 61.2 Å². The molecule has 9 aromatic rings. The molecule has 0 amide bonds. The Balaban J connectivity index is 0.00000336.